The molecule has 1 aliphatic rings. The SMILES string of the molecule is CC(C=CC1=C(C)CCCC1(C)C)=CC=CC(C)=CC(=O)NCCSSc1ccccn1. The summed E-state index contributed by atoms with van der Waals surface area (Å²) in [5.74, 6) is 0.773. The van der Waals surface area contributed by atoms with Gasteiger partial charge in [-0.2, -0.15) is 0 Å². The molecule has 3 nitrogen and oxygen atoms in total. The molecule has 1 amide bonds. The summed E-state index contributed by atoms with van der Waals surface area (Å²) >= 11 is 0. The van der Waals surface area contributed by atoms with E-state index in [2.05, 4.69) is 56.2 Å². The van der Waals surface area contributed by atoms with Crippen LogP contribution in [0.3, 0.4) is 0 Å². The van der Waals surface area contributed by atoms with Gasteiger partial charge in [-0.3, -0.25) is 4.79 Å². The molecule has 0 radical (unpaired) electrons. The molecule has 172 valence electrons. The third kappa shape index (κ3) is 9.66. The van der Waals surface area contributed by atoms with Crippen molar-refractivity contribution >= 4 is 27.5 Å². The second kappa shape index (κ2) is 13.5. The van der Waals surface area contributed by atoms with E-state index < -0.39 is 0 Å². The average Bonchev–Trinajstić information content (AvgIpc) is 2.73. The van der Waals surface area contributed by atoms with Crippen LogP contribution in [0.5, 0.6) is 0 Å². The molecule has 0 unspecified atom stereocenters. The molecular weight excluding hydrogens is 432 g/mol. The van der Waals surface area contributed by atoms with Crippen molar-refractivity contribution in [2.45, 2.75) is 58.9 Å². The van der Waals surface area contributed by atoms with Crippen molar-refractivity contribution in [3.05, 3.63) is 83.1 Å². The van der Waals surface area contributed by atoms with Gasteiger partial charge in [-0.1, -0.05) is 72.2 Å². The standard InChI is InChI=1S/C27H36N2OS2/c1-21(14-15-24-23(3)12-9-16-27(24,4)5)10-8-11-22(2)20-25(30)28-18-19-31-32-26-13-6-7-17-29-26/h6-8,10-11,13-15,17,20H,9,12,16,18-19H2,1-5H3,(H,28,30). The van der Waals surface area contributed by atoms with Crippen molar-refractivity contribution in [1.29, 1.82) is 0 Å². The lowest BCUT2D eigenvalue weighted by molar-refractivity contribution is -0.116. The fraction of sp³-hybridized carbons (Fsp3) is 0.407. The van der Waals surface area contributed by atoms with Crippen LogP contribution in [0, 0.1) is 5.41 Å². The molecule has 1 aliphatic carbocycles. The van der Waals surface area contributed by atoms with Gasteiger partial charge in [0.25, 0.3) is 0 Å². The first kappa shape index (κ1) is 26.3. The number of allylic oxidation sites excluding steroid dienone is 9. The molecule has 5 heteroatoms. The molecule has 0 aliphatic heterocycles. The summed E-state index contributed by atoms with van der Waals surface area (Å²) in [6.45, 7) is 11.6. The number of carbonyl (C=O) groups is 1. The van der Waals surface area contributed by atoms with Gasteiger partial charge in [0.1, 0.15) is 5.03 Å². The Morgan fingerprint density at radius 1 is 1.22 bits per heavy atom. The van der Waals surface area contributed by atoms with Gasteiger partial charge in [0.15, 0.2) is 0 Å². The number of pyridine rings is 1. The van der Waals surface area contributed by atoms with Crippen LogP contribution in [0.25, 0.3) is 0 Å². The van der Waals surface area contributed by atoms with Gasteiger partial charge < -0.3 is 5.32 Å². The van der Waals surface area contributed by atoms with Crippen molar-refractivity contribution in [2.24, 2.45) is 5.41 Å². The first-order valence-corrected chi connectivity index (χ1v) is 13.5. The lowest BCUT2D eigenvalue weighted by atomic mass is 9.72. The zero-order chi connectivity index (χ0) is 23.4. The van der Waals surface area contributed by atoms with E-state index >= 15 is 0 Å². The zero-order valence-electron chi connectivity index (χ0n) is 20.0. The molecular formula is C27H36N2OS2. The Bertz CT molecular complexity index is 909. The highest BCUT2D eigenvalue weighted by molar-refractivity contribution is 8.76. The molecule has 0 spiro atoms. The lowest BCUT2D eigenvalue weighted by Crippen LogP contribution is -2.23. The fourth-order valence-corrected chi connectivity index (χ4v) is 5.44. The van der Waals surface area contributed by atoms with Crippen LogP contribution in [0.1, 0.15) is 53.9 Å². The number of aromatic nitrogens is 1. The topological polar surface area (TPSA) is 42.0 Å². The van der Waals surface area contributed by atoms with Crippen molar-refractivity contribution in [2.75, 3.05) is 12.3 Å². The number of amides is 1. The van der Waals surface area contributed by atoms with Crippen LogP contribution >= 0.6 is 21.6 Å². The summed E-state index contributed by atoms with van der Waals surface area (Å²) in [4.78, 5) is 16.3. The number of nitrogens with one attached hydrogen (secondary N) is 1. The monoisotopic (exact) mass is 468 g/mol. The Morgan fingerprint density at radius 2 is 2.03 bits per heavy atom. The van der Waals surface area contributed by atoms with E-state index in [0.29, 0.717) is 6.54 Å². The number of hydrogen-bond acceptors (Lipinski definition) is 4. The molecule has 2 rings (SSSR count). The average molecular weight is 469 g/mol. The summed E-state index contributed by atoms with van der Waals surface area (Å²) in [7, 11) is 3.31. The van der Waals surface area contributed by atoms with Gasteiger partial charge in [-0.05, 0) is 79.5 Å². The maximum Gasteiger partial charge on any atom is 0.244 e. The largest absolute Gasteiger partial charge is 0.352 e. The highest BCUT2D eigenvalue weighted by Crippen LogP contribution is 2.40. The van der Waals surface area contributed by atoms with Gasteiger partial charge in [0.05, 0.1) is 0 Å². The zero-order valence-corrected chi connectivity index (χ0v) is 21.6. The molecule has 0 aromatic carbocycles. The van der Waals surface area contributed by atoms with E-state index in [1.807, 2.05) is 37.3 Å². The van der Waals surface area contributed by atoms with Gasteiger partial charge >= 0.3 is 0 Å². The Balaban J connectivity index is 1.75. The van der Waals surface area contributed by atoms with Crippen LogP contribution in [0.2, 0.25) is 0 Å². The van der Waals surface area contributed by atoms with Crippen LogP contribution in [-0.4, -0.2) is 23.2 Å². The van der Waals surface area contributed by atoms with Gasteiger partial charge in [-0.25, -0.2) is 4.98 Å². The molecule has 0 saturated heterocycles. The quantitative estimate of drug-likeness (QED) is 0.167. The highest BCUT2D eigenvalue weighted by Gasteiger charge is 2.26. The second-order valence-corrected chi connectivity index (χ2v) is 11.2. The van der Waals surface area contributed by atoms with Gasteiger partial charge in [-0.15, -0.1) is 0 Å². The molecule has 0 atom stereocenters. The first-order chi connectivity index (χ1) is 15.3. The van der Waals surface area contributed by atoms with E-state index in [-0.39, 0.29) is 11.3 Å². The highest BCUT2D eigenvalue weighted by atomic mass is 33.1. The Hall–Kier alpha value is -1.98. The summed E-state index contributed by atoms with van der Waals surface area (Å²) in [6, 6.07) is 5.86. The predicted octanol–water partition coefficient (Wildman–Crippen LogP) is 7.47. The summed E-state index contributed by atoms with van der Waals surface area (Å²) in [5, 5.41) is 3.92. The maximum atomic E-state index is 12.1. The molecule has 1 aromatic heterocycles. The Labute approximate surface area is 202 Å². The number of nitrogens with zero attached hydrogens (tertiary/aromatic N) is 1. The molecule has 0 saturated carbocycles. The fourth-order valence-electron chi connectivity index (χ4n) is 3.65. The van der Waals surface area contributed by atoms with Gasteiger partial charge in [0, 0.05) is 24.6 Å². The van der Waals surface area contributed by atoms with E-state index in [1.54, 1.807) is 33.9 Å². The van der Waals surface area contributed by atoms with E-state index in [9.17, 15) is 4.79 Å². The number of carbonyl (C=O) groups excluding carboxylic acids is 1. The molecule has 0 bridgehead atoms. The van der Waals surface area contributed by atoms with Crippen molar-refractivity contribution in [1.82, 2.24) is 10.3 Å². The molecule has 1 heterocycles. The first-order valence-electron chi connectivity index (χ1n) is 11.2. The molecule has 1 N–H and O–H groups in total. The predicted molar refractivity (Wildman–Crippen MR) is 142 cm³/mol. The molecule has 32 heavy (non-hydrogen) atoms. The number of rotatable bonds is 10. The maximum absolute atomic E-state index is 12.1. The van der Waals surface area contributed by atoms with E-state index in [4.69, 9.17) is 0 Å². The van der Waals surface area contributed by atoms with Crippen LogP contribution in [0.4, 0.5) is 0 Å². The van der Waals surface area contributed by atoms with E-state index in [1.165, 1.54) is 36.0 Å². The smallest absolute Gasteiger partial charge is 0.244 e. The van der Waals surface area contributed by atoms with Crippen LogP contribution in [-0.2, 0) is 4.79 Å². The minimum atomic E-state index is -0.0573. The Morgan fingerprint density at radius 3 is 2.75 bits per heavy atom. The van der Waals surface area contributed by atoms with Crippen molar-refractivity contribution in [3.63, 3.8) is 0 Å². The number of hydrogen-bond donors (Lipinski definition) is 1. The normalized spacial score (nSPS) is 17.4. The Kier molecular flexibility index (Phi) is 11.1. The third-order valence-corrected chi connectivity index (χ3v) is 7.67. The lowest BCUT2D eigenvalue weighted by Gasteiger charge is -2.32. The van der Waals surface area contributed by atoms with Crippen LogP contribution < -0.4 is 5.32 Å². The van der Waals surface area contributed by atoms with Crippen LogP contribution in [0.15, 0.2) is 88.2 Å². The van der Waals surface area contributed by atoms with E-state index in [0.717, 1.165) is 16.4 Å². The molecule has 1 aromatic rings. The summed E-state index contributed by atoms with van der Waals surface area (Å²) in [6.07, 6.45) is 17.7. The minimum absolute atomic E-state index is 0.0573. The molecule has 0 fully saturated rings. The minimum Gasteiger partial charge on any atom is -0.352 e. The summed E-state index contributed by atoms with van der Waals surface area (Å²) in [5.41, 5.74) is 5.38. The van der Waals surface area contributed by atoms with Crippen molar-refractivity contribution < 1.29 is 4.79 Å². The second-order valence-electron chi connectivity index (χ2n) is 8.79. The van der Waals surface area contributed by atoms with Crippen molar-refractivity contribution in [3.8, 4) is 0 Å². The van der Waals surface area contributed by atoms with Gasteiger partial charge in [0.2, 0.25) is 5.91 Å². The third-order valence-electron chi connectivity index (χ3n) is 5.40. The summed E-state index contributed by atoms with van der Waals surface area (Å²) < 4.78 is 0.